The normalized spacial score (nSPS) is 18.5. The number of nitrogens with one attached hydrogen (secondary N) is 3. The Morgan fingerprint density at radius 3 is 2.54 bits per heavy atom. The standard InChI is InChI=1S/C31H37N9O5S/c1-19(2)26-31-36-23(16-46-31)28(43)32-11-13-40(25(42)15-39-17-33-34-18-39)12-7-10-24(41)35-22(14-21-8-5-4-6-9-21)30-38-27(20(3)45-30)29(44)37-26/h4-6,8-9,16-19,22,26H,7,10-15H2,1-3H3,(H,32,43)(H,35,41)(H,37,44)/t22-,26-/m0/s1. The number of amides is 4. The first-order valence-electron chi connectivity index (χ1n) is 15.1. The highest BCUT2D eigenvalue weighted by Gasteiger charge is 2.29. The van der Waals surface area contributed by atoms with Gasteiger partial charge in [0.1, 0.15) is 41.7 Å². The molecule has 0 saturated heterocycles. The summed E-state index contributed by atoms with van der Waals surface area (Å²) in [5, 5.41) is 18.6. The Bertz CT molecular complexity index is 1650. The number of hydrogen-bond acceptors (Lipinski definition) is 10. The van der Waals surface area contributed by atoms with Gasteiger partial charge in [-0.3, -0.25) is 19.2 Å². The molecule has 1 aromatic carbocycles. The largest absolute Gasteiger partial charge is 0.443 e. The predicted octanol–water partition coefficient (Wildman–Crippen LogP) is 2.61. The average molecular weight is 648 g/mol. The van der Waals surface area contributed by atoms with Crippen LogP contribution >= 0.6 is 11.3 Å². The van der Waals surface area contributed by atoms with Crippen molar-refractivity contribution in [2.45, 2.75) is 58.7 Å². The molecule has 0 saturated carbocycles. The Labute approximate surface area is 270 Å². The molecule has 3 N–H and O–H groups in total. The van der Waals surface area contributed by atoms with Crippen LogP contribution in [0, 0.1) is 12.8 Å². The molecule has 46 heavy (non-hydrogen) atoms. The van der Waals surface area contributed by atoms with Crippen LogP contribution in [0.1, 0.15) is 82.0 Å². The number of hydrogen-bond donors (Lipinski definition) is 3. The second-order valence-corrected chi connectivity index (χ2v) is 12.3. The molecule has 0 aliphatic carbocycles. The number of carbonyl (C=O) groups is 4. The maximum atomic E-state index is 13.5. The number of carbonyl (C=O) groups excluding carboxylic acids is 4. The summed E-state index contributed by atoms with van der Waals surface area (Å²) < 4.78 is 7.55. The Morgan fingerprint density at radius 1 is 1.04 bits per heavy atom. The fourth-order valence-corrected chi connectivity index (χ4v) is 6.12. The van der Waals surface area contributed by atoms with Crippen molar-refractivity contribution in [1.82, 2.24) is 45.6 Å². The van der Waals surface area contributed by atoms with Crippen LogP contribution in [-0.4, -0.2) is 72.9 Å². The first kappa shape index (κ1) is 32.5. The molecule has 1 aliphatic rings. The van der Waals surface area contributed by atoms with E-state index in [0.717, 1.165) is 5.56 Å². The molecule has 2 atom stereocenters. The van der Waals surface area contributed by atoms with E-state index >= 15 is 0 Å². The lowest BCUT2D eigenvalue weighted by molar-refractivity contribution is -0.132. The first-order chi connectivity index (χ1) is 22.2. The van der Waals surface area contributed by atoms with Crippen molar-refractivity contribution >= 4 is 35.0 Å². The van der Waals surface area contributed by atoms with Gasteiger partial charge in [-0.15, -0.1) is 21.5 Å². The summed E-state index contributed by atoms with van der Waals surface area (Å²) in [6, 6.07) is 8.49. The molecule has 14 nitrogen and oxygen atoms in total. The maximum absolute atomic E-state index is 13.5. The van der Waals surface area contributed by atoms with Crippen molar-refractivity contribution in [1.29, 1.82) is 0 Å². The van der Waals surface area contributed by atoms with Gasteiger partial charge < -0.3 is 29.8 Å². The van der Waals surface area contributed by atoms with E-state index in [1.165, 1.54) is 24.0 Å². The van der Waals surface area contributed by atoms with Gasteiger partial charge in [0, 0.05) is 37.9 Å². The molecule has 0 radical (unpaired) electrons. The van der Waals surface area contributed by atoms with Gasteiger partial charge in [0.25, 0.3) is 11.8 Å². The highest BCUT2D eigenvalue weighted by Crippen LogP contribution is 2.27. The summed E-state index contributed by atoms with van der Waals surface area (Å²) in [5.41, 5.74) is 1.28. The summed E-state index contributed by atoms with van der Waals surface area (Å²) >= 11 is 1.28. The third-order valence-electron chi connectivity index (χ3n) is 7.55. The quantitative estimate of drug-likeness (QED) is 0.294. The number of oxazole rings is 1. The summed E-state index contributed by atoms with van der Waals surface area (Å²) in [4.78, 5) is 63.6. The van der Waals surface area contributed by atoms with Gasteiger partial charge in [-0.05, 0) is 24.8 Å². The van der Waals surface area contributed by atoms with Gasteiger partial charge in [-0.1, -0.05) is 44.2 Å². The number of fused-ring (bicyclic) bond motifs is 4. The molecule has 4 bridgehead atoms. The second-order valence-electron chi connectivity index (χ2n) is 11.4. The van der Waals surface area contributed by atoms with Gasteiger partial charge in [-0.25, -0.2) is 9.97 Å². The Balaban J connectivity index is 1.43. The fraction of sp³-hybridized carbons (Fsp3) is 0.419. The summed E-state index contributed by atoms with van der Waals surface area (Å²) in [5.74, 6) is -0.807. The zero-order valence-electron chi connectivity index (χ0n) is 25.9. The van der Waals surface area contributed by atoms with Crippen LogP contribution in [-0.2, 0) is 22.6 Å². The Morgan fingerprint density at radius 2 is 1.80 bits per heavy atom. The van der Waals surface area contributed by atoms with Crippen molar-refractivity contribution in [2.75, 3.05) is 19.6 Å². The van der Waals surface area contributed by atoms with Crippen LogP contribution in [0.5, 0.6) is 0 Å². The van der Waals surface area contributed by atoms with E-state index in [0.29, 0.717) is 23.6 Å². The van der Waals surface area contributed by atoms with E-state index in [1.54, 1.807) is 21.8 Å². The Hall–Kier alpha value is -4.92. The number of thiazole rings is 1. The zero-order chi connectivity index (χ0) is 32.6. The van der Waals surface area contributed by atoms with Crippen molar-refractivity contribution in [3.05, 3.63) is 82.0 Å². The van der Waals surface area contributed by atoms with Gasteiger partial charge in [0.2, 0.25) is 17.7 Å². The number of rotatable bonds is 5. The third kappa shape index (κ3) is 8.21. The molecule has 4 aromatic rings. The summed E-state index contributed by atoms with van der Waals surface area (Å²) in [6.07, 6.45) is 3.80. The van der Waals surface area contributed by atoms with Crippen molar-refractivity contribution in [3.63, 3.8) is 0 Å². The van der Waals surface area contributed by atoms with Crippen LogP contribution in [0.25, 0.3) is 0 Å². The smallest absolute Gasteiger partial charge is 0.274 e. The van der Waals surface area contributed by atoms with Crippen molar-refractivity contribution < 1.29 is 23.6 Å². The number of nitrogens with zero attached hydrogens (tertiary/aromatic N) is 6. The molecular weight excluding hydrogens is 610 g/mol. The highest BCUT2D eigenvalue weighted by molar-refractivity contribution is 7.09. The van der Waals surface area contributed by atoms with Crippen molar-refractivity contribution in [2.24, 2.45) is 5.92 Å². The van der Waals surface area contributed by atoms with E-state index in [4.69, 9.17) is 4.42 Å². The minimum absolute atomic E-state index is 0.0237. The molecule has 0 spiro atoms. The summed E-state index contributed by atoms with van der Waals surface area (Å²) in [7, 11) is 0. The summed E-state index contributed by atoms with van der Waals surface area (Å²) in [6.45, 7) is 6.27. The molecule has 242 valence electrons. The second kappa shape index (κ2) is 14.9. The Kier molecular flexibility index (Phi) is 10.5. The van der Waals surface area contributed by atoms with E-state index in [-0.39, 0.29) is 67.6 Å². The fourth-order valence-electron chi connectivity index (χ4n) is 5.10. The van der Waals surface area contributed by atoms with Gasteiger partial charge >= 0.3 is 0 Å². The molecule has 4 heterocycles. The van der Waals surface area contributed by atoms with Crippen LogP contribution in [0.4, 0.5) is 0 Å². The highest BCUT2D eigenvalue weighted by atomic mass is 32.1. The SMILES string of the molecule is Cc1oc2nc1C(=O)N[C@@H](C(C)C)c1nc(cs1)C(=O)NCCN(C(=O)Cn1cnnc1)CCCC(=O)N[C@H]2Cc1ccccc1. The average Bonchev–Trinajstić information content (AvgIpc) is 3.80. The first-order valence-corrected chi connectivity index (χ1v) is 16.0. The molecule has 15 heteroatoms. The number of aryl methyl sites for hydroxylation is 1. The van der Waals surface area contributed by atoms with Gasteiger partial charge in [0.05, 0.1) is 6.04 Å². The van der Waals surface area contributed by atoms with Gasteiger partial charge in [0.15, 0.2) is 5.69 Å². The lowest BCUT2D eigenvalue weighted by atomic mass is 10.0. The molecule has 0 fully saturated rings. The lowest BCUT2D eigenvalue weighted by Gasteiger charge is -2.23. The van der Waals surface area contributed by atoms with Crippen molar-refractivity contribution in [3.8, 4) is 0 Å². The van der Waals surface area contributed by atoms with Gasteiger partial charge in [-0.2, -0.15) is 0 Å². The van der Waals surface area contributed by atoms with E-state index in [2.05, 4.69) is 36.1 Å². The topological polar surface area (TPSA) is 177 Å². The predicted molar refractivity (Wildman–Crippen MR) is 168 cm³/mol. The minimum Gasteiger partial charge on any atom is -0.443 e. The molecule has 3 aromatic heterocycles. The van der Waals surface area contributed by atoms with Crippen LogP contribution in [0.2, 0.25) is 0 Å². The van der Waals surface area contributed by atoms with Crippen LogP contribution in [0.3, 0.4) is 0 Å². The van der Waals surface area contributed by atoms with E-state index < -0.39 is 23.9 Å². The molecule has 5 rings (SSSR count). The molecule has 4 amide bonds. The number of aromatic nitrogens is 5. The van der Waals surface area contributed by atoms with E-state index in [9.17, 15) is 19.2 Å². The van der Waals surface area contributed by atoms with Crippen LogP contribution in [0.15, 0.2) is 52.8 Å². The van der Waals surface area contributed by atoms with Crippen LogP contribution < -0.4 is 16.0 Å². The maximum Gasteiger partial charge on any atom is 0.274 e. The third-order valence-corrected chi connectivity index (χ3v) is 8.48. The van der Waals surface area contributed by atoms with E-state index in [1.807, 2.05) is 44.2 Å². The molecule has 1 aliphatic heterocycles. The zero-order valence-corrected chi connectivity index (χ0v) is 26.7. The molecule has 0 unspecified atom stereocenters. The molecular formula is C31H37N9O5S. The lowest BCUT2D eigenvalue weighted by Crippen LogP contribution is -2.41. The minimum atomic E-state index is -0.634. The monoisotopic (exact) mass is 647 g/mol. The number of benzene rings is 1.